The summed E-state index contributed by atoms with van der Waals surface area (Å²) < 4.78 is 70.1. The second-order valence-corrected chi connectivity index (χ2v) is 7.69. The van der Waals surface area contributed by atoms with E-state index in [1.54, 1.807) is 11.0 Å². The summed E-state index contributed by atoms with van der Waals surface area (Å²) in [4.78, 5) is 16.7. The normalized spacial score (nSPS) is 23.9. The highest BCUT2D eigenvalue weighted by molar-refractivity contribution is 6.09. The molecule has 2 aliphatic rings. The van der Waals surface area contributed by atoms with Crippen molar-refractivity contribution in [3.05, 3.63) is 35.0 Å². The minimum Gasteiger partial charge on any atom is -0.433 e. The number of anilines is 1. The van der Waals surface area contributed by atoms with E-state index in [0.29, 0.717) is 18.8 Å². The molecular weight excluding hydrogens is 453 g/mol. The first kappa shape index (κ1) is 24.2. The van der Waals surface area contributed by atoms with E-state index < -0.39 is 48.0 Å². The maximum atomic E-state index is 13.6. The van der Waals surface area contributed by atoms with Crippen LogP contribution < -0.4 is 21.1 Å². The van der Waals surface area contributed by atoms with Gasteiger partial charge in [0, 0.05) is 30.4 Å². The number of nitriles is 1. The Morgan fingerprint density at radius 1 is 1.33 bits per heavy atom. The standard InChI is InChI=1S/C20H20F5N5O3/c21-18(22)33-13-2-1-12(7-11(13)9-26)30-5-3-10(4-6-30)16(27)15-17(28)29-14(31)8-19(15,32)20(23,24)25/h1-2,7,10,18,32H,3-6,8,27H2,(H2,28,29,31). The fraction of sp³-hybridized carbons (Fsp3) is 0.450. The first-order valence-corrected chi connectivity index (χ1v) is 9.78. The topological polar surface area (TPSA) is 138 Å². The highest BCUT2D eigenvalue weighted by atomic mass is 19.4. The highest BCUT2D eigenvalue weighted by Gasteiger charge is 2.60. The molecule has 13 heteroatoms. The second-order valence-electron chi connectivity index (χ2n) is 7.69. The molecule has 1 aromatic rings. The number of nitrogens with two attached hydrogens (primary N) is 2. The van der Waals surface area contributed by atoms with Crippen LogP contribution in [0.4, 0.5) is 27.6 Å². The van der Waals surface area contributed by atoms with Crippen LogP contribution in [0.3, 0.4) is 0 Å². The molecule has 1 fully saturated rings. The molecule has 1 atom stereocenters. The molecule has 3 rings (SSSR count). The summed E-state index contributed by atoms with van der Waals surface area (Å²) in [5, 5.41) is 19.5. The van der Waals surface area contributed by atoms with Gasteiger partial charge in [0.25, 0.3) is 5.91 Å². The molecule has 1 amide bonds. The van der Waals surface area contributed by atoms with Gasteiger partial charge in [-0.05, 0) is 31.0 Å². The van der Waals surface area contributed by atoms with Crippen molar-refractivity contribution in [1.82, 2.24) is 0 Å². The van der Waals surface area contributed by atoms with Gasteiger partial charge in [-0.1, -0.05) is 0 Å². The van der Waals surface area contributed by atoms with E-state index in [-0.39, 0.29) is 29.9 Å². The first-order chi connectivity index (χ1) is 15.4. The van der Waals surface area contributed by atoms with Gasteiger partial charge in [-0.15, -0.1) is 0 Å². The van der Waals surface area contributed by atoms with E-state index in [0.717, 1.165) is 0 Å². The minimum atomic E-state index is -5.19. The Morgan fingerprint density at radius 2 is 1.97 bits per heavy atom. The maximum absolute atomic E-state index is 13.6. The summed E-state index contributed by atoms with van der Waals surface area (Å²) in [6, 6.07) is 5.88. The number of rotatable bonds is 4. The Kier molecular flexibility index (Phi) is 6.51. The maximum Gasteiger partial charge on any atom is 0.422 e. The molecule has 33 heavy (non-hydrogen) atoms. The van der Waals surface area contributed by atoms with Crippen molar-refractivity contribution in [3.8, 4) is 11.8 Å². The fourth-order valence-electron chi connectivity index (χ4n) is 4.03. The van der Waals surface area contributed by atoms with Gasteiger partial charge in [0.05, 0.1) is 17.6 Å². The summed E-state index contributed by atoms with van der Waals surface area (Å²) in [5.41, 5.74) is 7.42. The molecule has 8 nitrogen and oxygen atoms in total. The van der Waals surface area contributed by atoms with Crippen molar-refractivity contribution >= 4 is 17.4 Å². The van der Waals surface area contributed by atoms with Gasteiger partial charge in [-0.25, -0.2) is 0 Å². The molecule has 5 N–H and O–H groups in total. The lowest BCUT2D eigenvalue weighted by atomic mass is 9.80. The predicted molar refractivity (Wildman–Crippen MR) is 106 cm³/mol. The summed E-state index contributed by atoms with van der Waals surface area (Å²) in [6.45, 7) is -2.48. The molecule has 2 heterocycles. The van der Waals surface area contributed by atoms with Crippen LogP contribution in [-0.4, -0.2) is 48.3 Å². The number of halogens is 5. The van der Waals surface area contributed by atoms with Crippen molar-refractivity contribution < 1.29 is 36.6 Å². The Labute approximate surface area is 184 Å². The molecule has 1 saturated heterocycles. The molecule has 0 radical (unpaired) electrons. The number of hydrogen-bond acceptors (Lipinski definition) is 7. The van der Waals surface area contributed by atoms with Crippen LogP contribution in [0.5, 0.6) is 5.75 Å². The molecule has 178 valence electrons. The third-order valence-electron chi connectivity index (χ3n) is 5.68. The molecule has 1 unspecified atom stereocenters. The average molecular weight is 473 g/mol. The number of carbonyl (C=O) groups is 1. The number of piperidine rings is 1. The third kappa shape index (κ3) is 4.70. The van der Waals surface area contributed by atoms with E-state index in [1.165, 1.54) is 18.2 Å². The van der Waals surface area contributed by atoms with Crippen LogP contribution >= 0.6 is 0 Å². The first-order valence-electron chi connectivity index (χ1n) is 9.78. The number of aliphatic hydroxyl groups is 1. The molecule has 0 aliphatic carbocycles. The Hall–Kier alpha value is -3.40. The fourth-order valence-corrected chi connectivity index (χ4v) is 4.03. The van der Waals surface area contributed by atoms with Crippen molar-refractivity contribution in [3.63, 3.8) is 0 Å². The lowest BCUT2D eigenvalue weighted by Crippen LogP contribution is -2.55. The molecule has 0 bridgehead atoms. The Bertz CT molecular complexity index is 1040. The zero-order valence-corrected chi connectivity index (χ0v) is 17.1. The van der Waals surface area contributed by atoms with Gasteiger partial charge in [0.1, 0.15) is 17.7 Å². The highest BCUT2D eigenvalue weighted by Crippen LogP contribution is 2.43. The number of amidine groups is 1. The summed E-state index contributed by atoms with van der Waals surface area (Å²) in [7, 11) is 0. The van der Waals surface area contributed by atoms with Gasteiger partial charge in [0.2, 0.25) is 0 Å². The van der Waals surface area contributed by atoms with Crippen molar-refractivity contribution in [2.75, 3.05) is 18.0 Å². The number of nitrogens with zero attached hydrogens (tertiary/aromatic N) is 3. The van der Waals surface area contributed by atoms with E-state index in [9.17, 15) is 37.1 Å². The molecule has 0 saturated carbocycles. The van der Waals surface area contributed by atoms with E-state index in [1.807, 2.05) is 0 Å². The van der Waals surface area contributed by atoms with Gasteiger partial charge >= 0.3 is 12.8 Å². The van der Waals surface area contributed by atoms with Gasteiger partial charge in [0.15, 0.2) is 5.60 Å². The van der Waals surface area contributed by atoms with Crippen LogP contribution in [0.15, 0.2) is 34.5 Å². The molecule has 1 aromatic carbocycles. The van der Waals surface area contributed by atoms with Gasteiger partial charge in [-0.3, -0.25) is 4.79 Å². The van der Waals surface area contributed by atoms with Crippen molar-refractivity contribution in [1.29, 1.82) is 5.26 Å². The SMILES string of the molecule is N#Cc1cc(N2CCC(C(N)=C3C(N)=NC(=O)CC3(O)C(F)(F)F)CC2)ccc1OC(F)F. The second kappa shape index (κ2) is 8.86. The van der Waals surface area contributed by atoms with Crippen LogP contribution in [0.2, 0.25) is 0 Å². The quantitative estimate of drug-likeness (QED) is 0.570. The number of carbonyl (C=O) groups excluding carboxylic acids is 1. The van der Waals surface area contributed by atoms with E-state index >= 15 is 0 Å². The zero-order valence-electron chi connectivity index (χ0n) is 17.1. The Balaban J connectivity index is 1.83. The van der Waals surface area contributed by atoms with Crippen molar-refractivity contribution in [2.24, 2.45) is 22.4 Å². The number of ether oxygens (including phenoxy) is 1. The predicted octanol–water partition coefficient (Wildman–Crippen LogP) is 2.17. The molecule has 0 spiro atoms. The van der Waals surface area contributed by atoms with E-state index in [2.05, 4.69) is 9.73 Å². The van der Waals surface area contributed by atoms with Gasteiger partial charge < -0.3 is 26.2 Å². The molecule has 0 aromatic heterocycles. The van der Waals surface area contributed by atoms with Gasteiger partial charge in [-0.2, -0.15) is 32.2 Å². The Morgan fingerprint density at radius 3 is 2.52 bits per heavy atom. The number of allylic oxidation sites excluding steroid dienone is 1. The van der Waals surface area contributed by atoms with Crippen LogP contribution in [-0.2, 0) is 4.79 Å². The monoisotopic (exact) mass is 473 g/mol. The van der Waals surface area contributed by atoms with Crippen molar-refractivity contribution in [2.45, 2.75) is 37.7 Å². The number of alkyl halides is 5. The largest absolute Gasteiger partial charge is 0.433 e. The summed E-state index contributed by atoms with van der Waals surface area (Å²) in [5.74, 6) is -2.83. The molecule has 2 aliphatic heterocycles. The molecular formula is C20H20F5N5O3. The third-order valence-corrected chi connectivity index (χ3v) is 5.68. The lowest BCUT2D eigenvalue weighted by molar-refractivity contribution is -0.244. The summed E-state index contributed by atoms with van der Waals surface area (Å²) >= 11 is 0. The smallest absolute Gasteiger partial charge is 0.422 e. The summed E-state index contributed by atoms with van der Waals surface area (Å²) in [6.07, 6.45) is -5.97. The number of amides is 1. The average Bonchev–Trinajstić information content (AvgIpc) is 2.72. The minimum absolute atomic E-state index is 0.0948. The van der Waals surface area contributed by atoms with E-state index in [4.69, 9.17) is 11.5 Å². The lowest BCUT2D eigenvalue weighted by Gasteiger charge is -2.38. The number of aliphatic imine (C=N–C) groups is 1. The van der Waals surface area contributed by atoms with Crippen LogP contribution in [0.1, 0.15) is 24.8 Å². The van der Waals surface area contributed by atoms with Crippen LogP contribution in [0, 0.1) is 17.2 Å². The van der Waals surface area contributed by atoms with Crippen LogP contribution in [0.25, 0.3) is 0 Å². The zero-order chi connectivity index (χ0) is 24.6. The number of benzene rings is 1. The number of hydrogen-bond donors (Lipinski definition) is 3.